The molecule has 0 aliphatic carbocycles. The predicted octanol–water partition coefficient (Wildman–Crippen LogP) is 1.75. The third-order valence-electron chi connectivity index (χ3n) is 2.17. The van der Waals surface area contributed by atoms with Crippen LogP contribution < -0.4 is 0 Å². The van der Waals surface area contributed by atoms with Crippen molar-refractivity contribution in [3.05, 3.63) is 11.8 Å². The number of ether oxygens (including phenoxy) is 1. The monoisotopic (exact) mass is 218 g/mol. The Morgan fingerprint density at radius 2 is 2.07 bits per heavy atom. The summed E-state index contributed by atoms with van der Waals surface area (Å²) in [4.78, 5) is 0. The molecule has 1 aliphatic heterocycles. The third-order valence-corrected chi connectivity index (χ3v) is 4.13. The average Bonchev–Trinajstić information content (AvgIpc) is 1.99. The smallest absolute Gasteiger partial charge is 0.150 e. The average molecular weight is 218 g/mol. The molecule has 0 bridgehead atoms. The molecule has 0 aromatic heterocycles. The van der Waals surface area contributed by atoms with Crippen LogP contribution in [0.5, 0.6) is 0 Å². The van der Waals surface area contributed by atoms with E-state index >= 15 is 0 Å². The number of sulfone groups is 1. The Morgan fingerprint density at radius 1 is 1.43 bits per heavy atom. The van der Waals surface area contributed by atoms with Crippen LogP contribution in [-0.2, 0) is 14.6 Å². The molecule has 14 heavy (non-hydrogen) atoms. The molecule has 1 rings (SSSR count). The Labute approximate surface area is 86.1 Å². The maximum atomic E-state index is 10.8. The minimum absolute atomic E-state index is 0.385. The van der Waals surface area contributed by atoms with Gasteiger partial charge in [0.2, 0.25) is 0 Å². The molecule has 0 N–H and O–H groups in total. The first-order valence-electron chi connectivity index (χ1n) is 4.95. The van der Waals surface area contributed by atoms with E-state index in [9.17, 15) is 8.42 Å². The Balaban J connectivity index is 1.99. The zero-order valence-electron chi connectivity index (χ0n) is 8.82. The molecule has 0 spiro atoms. The summed E-state index contributed by atoms with van der Waals surface area (Å²) >= 11 is 0. The largest absolute Gasteiger partial charge is 0.501 e. The van der Waals surface area contributed by atoms with E-state index in [1.54, 1.807) is 6.26 Å². The van der Waals surface area contributed by atoms with Crippen LogP contribution in [0.4, 0.5) is 0 Å². The van der Waals surface area contributed by atoms with E-state index in [2.05, 4.69) is 0 Å². The van der Waals surface area contributed by atoms with Crippen LogP contribution >= 0.6 is 0 Å². The van der Waals surface area contributed by atoms with Gasteiger partial charge in [0.1, 0.15) is 0 Å². The van der Waals surface area contributed by atoms with E-state index in [1.807, 2.05) is 13.8 Å². The predicted molar refractivity (Wildman–Crippen MR) is 56.8 cm³/mol. The molecule has 0 radical (unpaired) electrons. The minimum atomic E-state index is -2.64. The second-order valence-electron chi connectivity index (χ2n) is 4.15. The molecule has 1 heterocycles. The number of hydrogen-bond acceptors (Lipinski definition) is 3. The molecule has 82 valence electrons. The van der Waals surface area contributed by atoms with Crippen molar-refractivity contribution in [2.45, 2.75) is 26.7 Å². The molecule has 0 unspecified atom stereocenters. The lowest BCUT2D eigenvalue weighted by Crippen LogP contribution is -2.36. The van der Waals surface area contributed by atoms with Crippen molar-refractivity contribution in [2.24, 2.45) is 5.92 Å². The van der Waals surface area contributed by atoms with Crippen LogP contribution in [0.15, 0.2) is 11.8 Å². The summed E-state index contributed by atoms with van der Waals surface area (Å²) in [6.07, 6.45) is 3.66. The van der Waals surface area contributed by atoms with Gasteiger partial charge in [-0.3, -0.25) is 0 Å². The van der Waals surface area contributed by atoms with Crippen LogP contribution in [-0.4, -0.2) is 26.5 Å². The summed E-state index contributed by atoms with van der Waals surface area (Å²) < 4.78 is 26.9. The van der Waals surface area contributed by atoms with Crippen LogP contribution in [0.2, 0.25) is 0 Å². The normalized spacial score (nSPS) is 19.9. The van der Waals surface area contributed by atoms with Crippen LogP contribution in [0.3, 0.4) is 0 Å². The SMILES string of the molecule is CC(C)=COCCCC1CS(=O)(=O)C1. The summed E-state index contributed by atoms with van der Waals surface area (Å²) in [5.74, 6) is 1.15. The van der Waals surface area contributed by atoms with Crippen molar-refractivity contribution in [3.63, 3.8) is 0 Å². The van der Waals surface area contributed by atoms with E-state index in [-0.39, 0.29) is 0 Å². The standard InChI is InChI=1S/C10H18O3S/c1-9(2)6-13-5-3-4-10-7-14(11,12)8-10/h6,10H,3-5,7-8H2,1-2H3. The van der Waals surface area contributed by atoms with E-state index in [1.165, 1.54) is 0 Å². The summed E-state index contributed by atoms with van der Waals surface area (Å²) in [7, 11) is -2.64. The Morgan fingerprint density at radius 3 is 2.57 bits per heavy atom. The van der Waals surface area contributed by atoms with E-state index in [4.69, 9.17) is 4.74 Å². The first-order valence-corrected chi connectivity index (χ1v) is 6.77. The molecule has 1 fully saturated rings. The first kappa shape index (κ1) is 11.6. The van der Waals surface area contributed by atoms with Gasteiger partial charge in [-0.15, -0.1) is 0 Å². The highest BCUT2D eigenvalue weighted by atomic mass is 32.2. The van der Waals surface area contributed by atoms with Gasteiger partial charge >= 0.3 is 0 Å². The molecule has 0 amide bonds. The summed E-state index contributed by atoms with van der Waals surface area (Å²) in [5, 5.41) is 0. The van der Waals surface area contributed by atoms with Crippen molar-refractivity contribution in [1.29, 1.82) is 0 Å². The fourth-order valence-electron chi connectivity index (χ4n) is 1.52. The van der Waals surface area contributed by atoms with E-state index < -0.39 is 9.84 Å². The van der Waals surface area contributed by atoms with Gasteiger partial charge in [-0.05, 0) is 38.2 Å². The van der Waals surface area contributed by atoms with Crippen LogP contribution in [0.25, 0.3) is 0 Å². The van der Waals surface area contributed by atoms with Crippen molar-refractivity contribution in [2.75, 3.05) is 18.1 Å². The number of allylic oxidation sites excluding steroid dienone is 1. The molecule has 3 nitrogen and oxygen atoms in total. The summed E-state index contributed by atoms with van der Waals surface area (Å²) in [5.41, 5.74) is 1.15. The molecule has 0 saturated carbocycles. The lowest BCUT2D eigenvalue weighted by atomic mass is 10.1. The van der Waals surface area contributed by atoms with Gasteiger partial charge < -0.3 is 4.74 Å². The van der Waals surface area contributed by atoms with Crippen molar-refractivity contribution in [3.8, 4) is 0 Å². The van der Waals surface area contributed by atoms with Gasteiger partial charge in [0.25, 0.3) is 0 Å². The Kier molecular flexibility index (Phi) is 3.98. The molecule has 4 heteroatoms. The first-order chi connectivity index (χ1) is 6.49. The van der Waals surface area contributed by atoms with E-state index in [0.717, 1.165) is 18.4 Å². The minimum Gasteiger partial charge on any atom is -0.501 e. The van der Waals surface area contributed by atoms with Gasteiger partial charge in [0.15, 0.2) is 9.84 Å². The number of hydrogen-bond donors (Lipinski definition) is 0. The molecule has 0 atom stereocenters. The van der Waals surface area contributed by atoms with Crippen LogP contribution in [0.1, 0.15) is 26.7 Å². The summed E-state index contributed by atoms with van der Waals surface area (Å²) in [6.45, 7) is 4.67. The van der Waals surface area contributed by atoms with Gasteiger partial charge in [-0.1, -0.05) is 0 Å². The molecule has 1 saturated heterocycles. The molecule has 0 aromatic carbocycles. The van der Waals surface area contributed by atoms with Crippen molar-refractivity contribution in [1.82, 2.24) is 0 Å². The Hall–Kier alpha value is -0.510. The zero-order valence-corrected chi connectivity index (χ0v) is 9.64. The molecule has 0 aromatic rings. The zero-order chi connectivity index (χ0) is 10.6. The van der Waals surface area contributed by atoms with Crippen molar-refractivity contribution >= 4 is 9.84 Å². The highest BCUT2D eigenvalue weighted by Gasteiger charge is 2.32. The fourth-order valence-corrected chi connectivity index (χ4v) is 3.19. The van der Waals surface area contributed by atoms with Gasteiger partial charge in [0.05, 0.1) is 24.4 Å². The maximum absolute atomic E-state index is 10.8. The molecular formula is C10H18O3S. The molecular weight excluding hydrogens is 200 g/mol. The highest BCUT2D eigenvalue weighted by molar-refractivity contribution is 7.92. The summed E-state index contributed by atoms with van der Waals surface area (Å²) in [6, 6.07) is 0. The van der Waals surface area contributed by atoms with Crippen molar-refractivity contribution < 1.29 is 13.2 Å². The second kappa shape index (κ2) is 4.82. The fraction of sp³-hybridized carbons (Fsp3) is 0.800. The maximum Gasteiger partial charge on any atom is 0.150 e. The number of rotatable bonds is 5. The van der Waals surface area contributed by atoms with E-state index in [0.29, 0.717) is 24.0 Å². The molecule has 1 aliphatic rings. The lowest BCUT2D eigenvalue weighted by Gasteiger charge is -2.25. The highest BCUT2D eigenvalue weighted by Crippen LogP contribution is 2.22. The Bertz CT molecular complexity index is 287. The van der Waals surface area contributed by atoms with Gasteiger partial charge in [-0.25, -0.2) is 8.42 Å². The van der Waals surface area contributed by atoms with Gasteiger partial charge in [-0.2, -0.15) is 0 Å². The van der Waals surface area contributed by atoms with Crippen LogP contribution in [0, 0.1) is 5.92 Å². The van der Waals surface area contributed by atoms with Gasteiger partial charge in [0, 0.05) is 0 Å². The second-order valence-corrected chi connectivity index (χ2v) is 6.30. The quantitative estimate of drug-likeness (QED) is 0.521. The topological polar surface area (TPSA) is 43.4 Å². The third kappa shape index (κ3) is 4.13. The lowest BCUT2D eigenvalue weighted by molar-refractivity contribution is 0.232.